The fourth-order valence-electron chi connectivity index (χ4n) is 1.11. The monoisotopic (exact) mass is 291 g/mol. The first kappa shape index (κ1) is 12.6. The number of carbonyl (C=O) groups is 1. The molecule has 86 valence electrons. The van der Waals surface area contributed by atoms with Crippen LogP contribution in [0.4, 0.5) is 10.1 Å². The van der Waals surface area contributed by atoms with E-state index >= 15 is 0 Å². The van der Waals surface area contributed by atoms with Crippen LogP contribution in [0.25, 0.3) is 0 Å². The number of carbonyl (C=O) groups excluding carboxylic acids is 1. The molecule has 0 amide bonds. The van der Waals surface area contributed by atoms with Crippen molar-refractivity contribution in [2.75, 3.05) is 7.11 Å². The van der Waals surface area contributed by atoms with Crippen LogP contribution >= 0.6 is 15.9 Å². The topological polar surface area (TPSA) is 69.4 Å². The summed E-state index contributed by atoms with van der Waals surface area (Å²) in [5.41, 5.74) is -0.747. The molecule has 0 aliphatic rings. The molecular weight excluding hydrogens is 285 g/mol. The molecule has 0 radical (unpaired) electrons. The quantitative estimate of drug-likeness (QED) is 0.486. The first-order chi connectivity index (χ1) is 7.47. The molecule has 0 N–H and O–H groups in total. The van der Waals surface area contributed by atoms with E-state index in [0.717, 1.165) is 7.11 Å². The van der Waals surface area contributed by atoms with Gasteiger partial charge >= 0.3 is 11.7 Å². The lowest BCUT2D eigenvalue weighted by atomic mass is 10.1. The van der Waals surface area contributed by atoms with Crippen molar-refractivity contribution in [2.24, 2.45) is 0 Å². The molecule has 0 spiro atoms. The van der Waals surface area contributed by atoms with E-state index in [-0.39, 0.29) is 16.5 Å². The number of nitrogens with zero attached hydrogens (tertiary/aromatic N) is 1. The molecule has 5 nitrogen and oxygen atoms in total. The molecule has 0 aromatic heterocycles. The SMILES string of the molecule is COC(=O)Cc1ccc(Br)c([N+](=O)[O-])c1F. The van der Waals surface area contributed by atoms with Gasteiger partial charge in [-0.1, -0.05) is 6.07 Å². The largest absolute Gasteiger partial charge is 0.469 e. The number of benzene rings is 1. The predicted octanol–water partition coefficient (Wildman–Crippen LogP) is 2.21. The molecule has 16 heavy (non-hydrogen) atoms. The van der Waals surface area contributed by atoms with Crippen molar-refractivity contribution in [2.45, 2.75) is 6.42 Å². The lowest BCUT2D eigenvalue weighted by Crippen LogP contribution is -2.07. The van der Waals surface area contributed by atoms with Gasteiger partial charge in [-0.25, -0.2) is 0 Å². The van der Waals surface area contributed by atoms with E-state index in [1.165, 1.54) is 12.1 Å². The van der Waals surface area contributed by atoms with Gasteiger partial charge in [-0.15, -0.1) is 0 Å². The lowest BCUT2D eigenvalue weighted by molar-refractivity contribution is -0.388. The van der Waals surface area contributed by atoms with Gasteiger partial charge in [0.25, 0.3) is 0 Å². The van der Waals surface area contributed by atoms with Crippen molar-refractivity contribution >= 4 is 27.6 Å². The first-order valence-corrected chi connectivity index (χ1v) is 4.94. The molecule has 0 unspecified atom stereocenters. The van der Waals surface area contributed by atoms with Crippen LogP contribution in [0.1, 0.15) is 5.56 Å². The molecule has 1 aromatic carbocycles. The van der Waals surface area contributed by atoms with E-state index in [1.54, 1.807) is 0 Å². The zero-order valence-electron chi connectivity index (χ0n) is 8.20. The summed E-state index contributed by atoms with van der Waals surface area (Å²) in [6.45, 7) is 0. The van der Waals surface area contributed by atoms with Crippen LogP contribution < -0.4 is 0 Å². The Hall–Kier alpha value is -1.50. The average molecular weight is 292 g/mol. The molecule has 7 heteroatoms. The third-order valence-corrected chi connectivity index (χ3v) is 2.53. The average Bonchev–Trinajstić information content (AvgIpc) is 2.21. The predicted molar refractivity (Wildman–Crippen MR) is 56.5 cm³/mol. The lowest BCUT2D eigenvalue weighted by Gasteiger charge is -2.03. The number of nitro benzene ring substituents is 1. The van der Waals surface area contributed by atoms with Crippen LogP contribution in [-0.2, 0) is 16.0 Å². The van der Waals surface area contributed by atoms with Gasteiger partial charge in [-0.2, -0.15) is 4.39 Å². The van der Waals surface area contributed by atoms with E-state index in [4.69, 9.17) is 0 Å². The maximum Gasteiger partial charge on any atom is 0.319 e. The van der Waals surface area contributed by atoms with E-state index in [0.29, 0.717) is 0 Å². The molecule has 0 aliphatic carbocycles. The van der Waals surface area contributed by atoms with Gasteiger partial charge in [0.2, 0.25) is 5.82 Å². The molecule has 1 rings (SSSR count). The molecule has 0 bridgehead atoms. The molecule has 0 fully saturated rings. The van der Waals surface area contributed by atoms with Gasteiger partial charge in [0, 0.05) is 5.56 Å². The van der Waals surface area contributed by atoms with E-state index in [2.05, 4.69) is 20.7 Å². The molecule has 1 aromatic rings. The summed E-state index contributed by atoms with van der Waals surface area (Å²) in [5.74, 6) is -1.68. The van der Waals surface area contributed by atoms with Gasteiger partial charge in [0.15, 0.2) is 0 Å². The maximum atomic E-state index is 13.6. The maximum absolute atomic E-state index is 13.6. The number of methoxy groups -OCH3 is 1. The molecule has 0 heterocycles. The zero-order chi connectivity index (χ0) is 12.3. The summed E-state index contributed by atoms with van der Waals surface area (Å²) in [6.07, 6.45) is -0.337. The Morgan fingerprint density at radius 3 is 2.75 bits per heavy atom. The standard InChI is InChI=1S/C9H7BrFNO4/c1-16-7(13)4-5-2-3-6(10)9(8(5)11)12(14)15/h2-3H,4H2,1H3. The van der Waals surface area contributed by atoms with Gasteiger partial charge < -0.3 is 4.74 Å². The van der Waals surface area contributed by atoms with Gasteiger partial charge in [0.05, 0.1) is 22.9 Å². The molecule has 0 atom stereocenters. The van der Waals surface area contributed by atoms with Gasteiger partial charge in [-0.3, -0.25) is 14.9 Å². The van der Waals surface area contributed by atoms with Crippen molar-refractivity contribution in [1.82, 2.24) is 0 Å². The summed E-state index contributed by atoms with van der Waals surface area (Å²) in [7, 11) is 1.16. The molecule has 0 saturated carbocycles. The van der Waals surface area contributed by atoms with Crippen LogP contribution in [-0.4, -0.2) is 18.0 Å². The second kappa shape index (κ2) is 5.02. The minimum atomic E-state index is -1.02. The third-order valence-electron chi connectivity index (χ3n) is 1.89. The Labute approximate surface area is 98.5 Å². The number of esters is 1. The Bertz CT molecular complexity index is 449. The second-order valence-corrected chi connectivity index (χ2v) is 3.73. The van der Waals surface area contributed by atoms with Crippen molar-refractivity contribution < 1.29 is 18.8 Å². The molecule has 0 saturated heterocycles. The highest BCUT2D eigenvalue weighted by Crippen LogP contribution is 2.30. The summed E-state index contributed by atoms with van der Waals surface area (Å²) < 4.78 is 18.0. The van der Waals surface area contributed by atoms with E-state index in [9.17, 15) is 19.3 Å². The summed E-state index contributed by atoms with van der Waals surface area (Å²) >= 11 is 2.87. The molecule has 0 aliphatic heterocycles. The van der Waals surface area contributed by atoms with Crippen LogP contribution in [0.15, 0.2) is 16.6 Å². The summed E-state index contributed by atoms with van der Waals surface area (Å²) in [6, 6.07) is 2.61. The van der Waals surface area contributed by atoms with Gasteiger partial charge in [-0.05, 0) is 22.0 Å². The van der Waals surface area contributed by atoms with E-state index in [1.807, 2.05) is 0 Å². The Morgan fingerprint density at radius 1 is 1.62 bits per heavy atom. The van der Waals surface area contributed by atoms with Crippen LogP contribution in [0.2, 0.25) is 0 Å². The smallest absolute Gasteiger partial charge is 0.319 e. The Kier molecular flexibility index (Phi) is 3.94. The van der Waals surface area contributed by atoms with E-state index < -0.39 is 22.4 Å². The molecular formula is C9H7BrFNO4. The van der Waals surface area contributed by atoms with Crippen molar-refractivity contribution in [1.29, 1.82) is 0 Å². The van der Waals surface area contributed by atoms with Crippen LogP contribution in [0.3, 0.4) is 0 Å². The second-order valence-electron chi connectivity index (χ2n) is 2.88. The number of hydrogen-bond acceptors (Lipinski definition) is 4. The summed E-state index contributed by atoms with van der Waals surface area (Å²) in [5, 5.41) is 10.6. The number of halogens is 2. The first-order valence-electron chi connectivity index (χ1n) is 4.15. The highest BCUT2D eigenvalue weighted by molar-refractivity contribution is 9.10. The minimum absolute atomic E-state index is 0.0311. The van der Waals surface area contributed by atoms with Crippen molar-refractivity contribution in [3.8, 4) is 0 Å². The number of rotatable bonds is 3. The highest BCUT2D eigenvalue weighted by Gasteiger charge is 2.23. The zero-order valence-corrected chi connectivity index (χ0v) is 9.78. The fraction of sp³-hybridized carbons (Fsp3) is 0.222. The Balaban J connectivity index is 3.18. The third kappa shape index (κ3) is 2.54. The Morgan fingerprint density at radius 2 is 2.25 bits per heavy atom. The van der Waals surface area contributed by atoms with Crippen molar-refractivity contribution in [3.63, 3.8) is 0 Å². The van der Waals surface area contributed by atoms with Crippen molar-refractivity contribution in [3.05, 3.63) is 38.1 Å². The number of nitro groups is 1. The fourth-order valence-corrected chi connectivity index (χ4v) is 1.57. The minimum Gasteiger partial charge on any atom is -0.469 e. The number of hydrogen-bond donors (Lipinski definition) is 0. The summed E-state index contributed by atoms with van der Waals surface area (Å²) in [4.78, 5) is 20.7. The van der Waals surface area contributed by atoms with Crippen LogP contribution in [0, 0.1) is 15.9 Å². The normalized spacial score (nSPS) is 9.94. The van der Waals surface area contributed by atoms with Gasteiger partial charge in [0.1, 0.15) is 0 Å². The highest BCUT2D eigenvalue weighted by atomic mass is 79.9. The van der Waals surface area contributed by atoms with Crippen LogP contribution in [0.5, 0.6) is 0 Å². The number of ether oxygens (including phenoxy) is 1.